The van der Waals surface area contributed by atoms with Gasteiger partial charge in [0.25, 0.3) is 5.91 Å². The number of amides is 1. The number of quaternary nitrogens is 1. The first-order valence-corrected chi connectivity index (χ1v) is 16.9. The van der Waals surface area contributed by atoms with Crippen LogP contribution in [0.25, 0.3) is 16.9 Å². The van der Waals surface area contributed by atoms with Crippen LogP contribution in [0.2, 0.25) is 5.02 Å². The fourth-order valence-corrected chi connectivity index (χ4v) is 6.34. The minimum absolute atomic E-state index is 0. The van der Waals surface area contributed by atoms with E-state index in [9.17, 15) is 23.5 Å². The number of unbranched alkanes of at least 4 members (excludes halogenated alkanes) is 3. The van der Waals surface area contributed by atoms with Crippen LogP contribution in [0.15, 0.2) is 48.9 Å². The molecule has 266 valence electrons. The van der Waals surface area contributed by atoms with Gasteiger partial charge in [-0.25, -0.2) is 14.4 Å². The number of ether oxygens (including phenoxy) is 1. The average Bonchev–Trinajstić information content (AvgIpc) is 3.50. The normalized spacial score (nSPS) is 12.0. The van der Waals surface area contributed by atoms with Gasteiger partial charge in [0.05, 0.1) is 29.6 Å². The molecule has 0 aliphatic rings. The number of benzene rings is 2. The predicted octanol–water partition coefficient (Wildman–Crippen LogP) is 8.25. The summed E-state index contributed by atoms with van der Waals surface area (Å²) in [6, 6.07) is 7.64. The molecule has 10 nitrogen and oxygen atoms in total. The molecule has 2 aromatic carbocycles. The van der Waals surface area contributed by atoms with Crippen molar-refractivity contribution in [1.29, 1.82) is 0 Å². The van der Waals surface area contributed by atoms with Crippen LogP contribution < -0.4 is 26.6 Å². The summed E-state index contributed by atoms with van der Waals surface area (Å²) in [5.41, 5.74) is 0.716. The van der Waals surface area contributed by atoms with E-state index in [1.54, 1.807) is 28.8 Å². The molecule has 0 fully saturated rings. The standard InChI is InChI=1S/C36H44ClF2N5O4.H3N/c1-5-8-11-23(35(46)47)21-36(16-9-6-2,17-10-7-3)43-34(45)25-13-12-24(20-27(25)37)42-32-33-41-22-28(44(33)19-18-40-32)26-14-15-29(48-4)31(39)30(26)38;/h12-15,18-20,22-23H,5-11,16-17,21H2,1-4H3,(H,40,42)(H,43,45)(H,46,47);1H3. The monoisotopic (exact) mass is 700 g/mol. The van der Waals surface area contributed by atoms with Crippen molar-refractivity contribution in [3.05, 3.63) is 71.1 Å². The molecule has 13 heteroatoms. The Hall–Kier alpha value is -4.29. The lowest BCUT2D eigenvalue weighted by atomic mass is 9.77. The smallest absolute Gasteiger partial charge is 0.253 e. The van der Waals surface area contributed by atoms with Gasteiger partial charge < -0.3 is 31.4 Å². The summed E-state index contributed by atoms with van der Waals surface area (Å²) < 4.78 is 35.8. The van der Waals surface area contributed by atoms with Crippen LogP contribution in [0.4, 0.5) is 20.3 Å². The number of nitrogens with one attached hydrogen (secondary N) is 2. The zero-order chi connectivity index (χ0) is 34.8. The number of hydrogen-bond acceptors (Lipinski definition) is 7. The Kier molecular flexibility index (Phi) is 14.3. The lowest BCUT2D eigenvalue weighted by Crippen LogP contribution is -2.51. The van der Waals surface area contributed by atoms with E-state index in [2.05, 4.69) is 34.4 Å². The van der Waals surface area contributed by atoms with Crippen molar-refractivity contribution >= 4 is 40.6 Å². The summed E-state index contributed by atoms with van der Waals surface area (Å²) in [6.07, 6.45) is 11.7. The highest BCUT2D eigenvalue weighted by molar-refractivity contribution is 6.34. The number of carboxylic acids is 1. The number of carbonyl (C=O) groups is 2. The van der Waals surface area contributed by atoms with Gasteiger partial charge in [0, 0.05) is 41.1 Å². The van der Waals surface area contributed by atoms with Gasteiger partial charge in [0.2, 0.25) is 5.82 Å². The third-order valence-electron chi connectivity index (χ3n) is 8.72. The molecular formula is C36H47ClF2N6O4. The van der Waals surface area contributed by atoms with Gasteiger partial charge in [-0.1, -0.05) is 70.9 Å². The van der Waals surface area contributed by atoms with Crippen molar-refractivity contribution in [3.8, 4) is 17.0 Å². The second kappa shape index (κ2) is 17.9. The number of carbonyl (C=O) groups excluding carboxylic acids is 2. The predicted molar refractivity (Wildman–Crippen MR) is 187 cm³/mol. The molecule has 49 heavy (non-hydrogen) atoms. The quantitative estimate of drug-likeness (QED) is 0.0943. The maximum atomic E-state index is 14.9. The molecule has 2 heterocycles. The molecule has 0 aliphatic heterocycles. The van der Waals surface area contributed by atoms with Crippen LogP contribution in [0.5, 0.6) is 5.75 Å². The van der Waals surface area contributed by atoms with E-state index in [1.807, 2.05) is 6.92 Å². The van der Waals surface area contributed by atoms with Crippen LogP contribution in [0.3, 0.4) is 0 Å². The van der Waals surface area contributed by atoms with Gasteiger partial charge >= 0.3 is 0 Å². The number of carboxylic acid groups (broad SMARTS) is 1. The van der Waals surface area contributed by atoms with Gasteiger partial charge in [0.15, 0.2) is 23.0 Å². The molecule has 6 N–H and O–H groups in total. The molecule has 4 rings (SSSR count). The third kappa shape index (κ3) is 9.24. The molecule has 0 bridgehead atoms. The summed E-state index contributed by atoms with van der Waals surface area (Å²) >= 11 is 6.68. The molecule has 1 unspecified atom stereocenters. The fourth-order valence-electron chi connectivity index (χ4n) is 6.08. The number of hydrogen-bond donors (Lipinski definition) is 3. The Labute approximate surface area is 291 Å². The zero-order valence-electron chi connectivity index (χ0n) is 28.9. The fraction of sp³-hybridized carbons (Fsp3) is 0.444. The van der Waals surface area contributed by atoms with E-state index in [1.165, 1.54) is 31.6 Å². The van der Waals surface area contributed by atoms with Crippen molar-refractivity contribution in [3.63, 3.8) is 0 Å². The number of aliphatic carboxylic acids is 1. The number of nitrogens with zero attached hydrogens (tertiary/aromatic N) is 3. The average molecular weight is 701 g/mol. The molecule has 0 saturated carbocycles. The van der Waals surface area contributed by atoms with Crippen LogP contribution in [0.1, 0.15) is 95.3 Å². The van der Waals surface area contributed by atoms with E-state index in [0.29, 0.717) is 48.5 Å². The Morgan fingerprint density at radius 3 is 2.33 bits per heavy atom. The van der Waals surface area contributed by atoms with E-state index in [-0.39, 0.29) is 34.0 Å². The first kappa shape index (κ1) is 39.2. The van der Waals surface area contributed by atoms with Gasteiger partial charge in [-0.15, -0.1) is 0 Å². The minimum atomic E-state index is -1.10. The second-order valence-electron chi connectivity index (χ2n) is 12.2. The van der Waals surface area contributed by atoms with E-state index < -0.39 is 29.1 Å². The molecule has 1 atom stereocenters. The first-order valence-electron chi connectivity index (χ1n) is 16.5. The number of fused-ring (bicyclic) bond motifs is 1. The number of halogens is 3. The van der Waals surface area contributed by atoms with Crippen LogP contribution in [-0.4, -0.2) is 38.9 Å². The Morgan fingerprint density at radius 1 is 1.02 bits per heavy atom. The summed E-state index contributed by atoms with van der Waals surface area (Å²) in [5.74, 6) is -4.17. The molecule has 0 saturated heterocycles. The molecule has 1 amide bonds. The molecule has 0 aliphatic carbocycles. The van der Waals surface area contributed by atoms with Gasteiger partial charge in [-0.3, -0.25) is 9.20 Å². The van der Waals surface area contributed by atoms with Crippen molar-refractivity contribution in [2.45, 2.75) is 90.5 Å². The Bertz CT molecular complexity index is 1730. The number of rotatable bonds is 18. The highest BCUT2D eigenvalue weighted by Crippen LogP contribution is 2.34. The Balaban J connectivity index is 0.00000650. The highest BCUT2D eigenvalue weighted by Gasteiger charge is 2.35. The molecule has 4 aromatic rings. The van der Waals surface area contributed by atoms with Crippen LogP contribution in [-0.2, 0) is 4.79 Å². The number of anilines is 2. The summed E-state index contributed by atoms with van der Waals surface area (Å²) in [5, 5.41) is 18.7. The van der Waals surface area contributed by atoms with Gasteiger partial charge in [-0.05, 0) is 56.0 Å². The molecule has 2 aromatic heterocycles. The second-order valence-corrected chi connectivity index (χ2v) is 12.6. The van der Waals surface area contributed by atoms with Gasteiger partial charge in [-0.2, -0.15) is 4.39 Å². The van der Waals surface area contributed by atoms with E-state index >= 15 is 0 Å². The molecular weight excluding hydrogens is 654 g/mol. The maximum absolute atomic E-state index is 14.9. The van der Waals surface area contributed by atoms with Crippen molar-refractivity contribution in [2.24, 2.45) is 5.92 Å². The SMILES string of the molecule is CCCCC(CC(CCCC)(CCCC)NC(=O)c1ccc(Nc2nccn3c(-c4ccc(OC)c(F)c4F)cnc23)cc1Cl)C(=O)[O-].[NH4+]. The summed E-state index contributed by atoms with van der Waals surface area (Å²) in [6.45, 7) is 6.16. The first-order chi connectivity index (χ1) is 23.1. The summed E-state index contributed by atoms with van der Waals surface area (Å²) in [7, 11) is 1.26. The van der Waals surface area contributed by atoms with Crippen LogP contribution in [0, 0.1) is 17.6 Å². The van der Waals surface area contributed by atoms with Crippen molar-refractivity contribution < 1.29 is 28.2 Å². The number of imidazole rings is 1. The van der Waals surface area contributed by atoms with E-state index in [0.717, 1.165) is 38.5 Å². The highest BCUT2D eigenvalue weighted by atomic mass is 35.5. The van der Waals surface area contributed by atoms with Crippen LogP contribution >= 0.6 is 11.6 Å². The van der Waals surface area contributed by atoms with Crippen molar-refractivity contribution in [2.75, 3.05) is 12.4 Å². The lowest BCUT2D eigenvalue weighted by Gasteiger charge is -2.39. The summed E-state index contributed by atoms with van der Waals surface area (Å²) in [4.78, 5) is 34.7. The number of aromatic nitrogens is 3. The van der Waals surface area contributed by atoms with Crippen molar-refractivity contribution in [1.82, 2.24) is 25.8 Å². The zero-order valence-corrected chi connectivity index (χ0v) is 29.6. The number of methoxy groups -OCH3 is 1. The largest absolute Gasteiger partial charge is 0.550 e. The topological polar surface area (TPSA) is 157 Å². The minimum Gasteiger partial charge on any atom is -0.550 e. The third-order valence-corrected chi connectivity index (χ3v) is 9.03. The van der Waals surface area contributed by atoms with E-state index in [4.69, 9.17) is 16.3 Å². The Morgan fingerprint density at radius 2 is 1.71 bits per heavy atom. The maximum Gasteiger partial charge on any atom is 0.253 e. The molecule has 0 radical (unpaired) electrons. The lowest BCUT2D eigenvalue weighted by molar-refractivity contribution is -0.312. The van der Waals surface area contributed by atoms with Gasteiger partial charge in [0.1, 0.15) is 0 Å². The molecule has 0 spiro atoms.